The summed E-state index contributed by atoms with van der Waals surface area (Å²) in [7, 11) is 0. The first-order chi connectivity index (χ1) is 21.3. The van der Waals surface area contributed by atoms with E-state index in [1.165, 1.54) is 20.9 Å². The second-order valence-electron chi connectivity index (χ2n) is 10.7. The van der Waals surface area contributed by atoms with E-state index in [0.717, 1.165) is 18.4 Å². The van der Waals surface area contributed by atoms with Crippen LogP contribution in [0.3, 0.4) is 0 Å². The number of hydrogen-bond acceptors (Lipinski definition) is 8. The van der Waals surface area contributed by atoms with E-state index in [1.54, 1.807) is 13.0 Å². The van der Waals surface area contributed by atoms with Gasteiger partial charge < -0.3 is 30.3 Å². The number of benzene rings is 2. The zero-order valence-corrected chi connectivity index (χ0v) is 24.6. The number of anilines is 1. The van der Waals surface area contributed by atoms with Crippen molar-refractivity contribution >= 4 is 29.7 Å². The number of carboxylic acid groups (broad SMARTS) is 1. The van der Waals surface area contributed by atoms with Gasteiger partial charge in [0.15, 0.2) is 5.82 Å². The summed E-state index contributed by atoms with van der Waals surface area (Å²) in [6.45, 7) is 2.99. The Kier molecular flexibility index (Phi) is 9.68. The first-order valence-corrected chi connectivity index (χ1v) is 14.8. The van der Waals surface area contributed by atoms with Gasteiger partial charge in [0.1, 0.15) is 17.6 Å². The molecule has 0 spiro atoms. The largest absolute Gasteiger partial charge is 0.481 e. The van der Waals surface area contributed by atoms with Crippen LogP contribution in [0.4, 0.5) is 10.6 Å². The zero-order valence-electron chi connectivity index (χ0n) is 24.6. The molecule has 5 rings (SSSR count). The van der Waals surface area contributed by atoms with Crippen molar-refractivity contribution in [1.29, 1.82) is 0 Å². The molecular formula is C32H36N6O6. The fraction of sp³-hybridized carbons (Fsp3) is 0.375. The van der Waals surface area contributed by atoms with Crippen molar-refractivity contribution in [2.24, 2.45) is 0 Å². The van der Waals surface area contributed by atoms with Gasteiger partial charge in [-0.05, 0) is 37.3 Å². The molecule has 2 heterocycles. The van der Waals surface area contributed by atoms with Crippen molar-refractivity contribution in [1.82, 2.24) is 25.1 Å². The number of aromatic nitrogens is 2. The molecule has 0 radical (unpaired) electrons. The Morgan fingerprint density at radius 1 is 0.977 bits per heavy atom. The lowest BCUT2D eigenvalue weighted by Gasteiger charge is -2.35. The van der Waals surface area contributed by atoms with Crippen LogP contribution in [0, 0.1) is 0 Å². The minimum absolute atomic E-state index is 0.0128. The third kappa shape index (κ3) is 7.31. The average molecular weight is 601 g/mol. The summed E-state index contributed by atoms with van der Waals surface area (Å²) in [5.74, 6) is -1.31. The Morgan fingerprint density at radius 2 is 1.68 bits per heavy atom. The van der Waals surface area contributed by atoms with Crippen LogP contribution in [0.1, 0.15) is 53.8 Å². The molecule has 1 saturated heterocycles. The summed E-state index contributed by atoms with van der Waals surface area (Å²) < 4.78 is 5.05. The predicted octanol–water partition coefficient (Wildman–Crippen LogP) is 3.51. The summed E-state index contributed by atoms with van der Waals surface area (Å²) in [4.78, 5) is 62.9. The summed E-state index contributed by atoms with van der Waals surface area (Å²) in [6, 6.07) is 18.0. The van der Waals surface area contributed by atoms with Crippen LogP contribution in [0.15, 0.2) is 60.7 Å². The minimum Gasteiger partial charge on any atom is -0.481 e. The van der Waals surface area contributed by atoms with Gasteiger partial charge in [0.25, 0.3) is 5.91 Å². The van der Waals surface area contributed by atoms with Gasteiger partial charge in [-0.2, -0.15) is 0 Å². The molecule has 1 aliphatic carbocycles. The van der Waals surface area contributed by atoms with E-state index < -0.39 is 29.9 Å². The number of carbonyl (C=O) groups excluding carboxylic acids is 3. The zero-order chi connectivity index (χ0) is 31.1. The van der Waals surface area contributed by atoms with Crippen molar-refractivity contribution in [3.63, 3.8) is 0 Å². The number of aliphatic carboxylic acids is 1. The number of hydrogen-bond donors (Lipinski definition) is 3. The van der Waals surface area contributed by atoms with Gasteiger partial charge in [0.05, 0.1) is 12.6 Å². The summed E-state index contributed by atoms with van der Waals surface area (Å²) >= 11 is 0. The van der Waals surface area contributed by atoms with Crippen LogP contribution in [0.2, 0.25) is 0 Å². The molecule has 12 heteroatoms. The maximum absolute atomic E-state index is 13.7. The van der Waals surface area contributed by atoms with Gasteiger partial charge in [-0.15, -0.1) is 0 Å². The van der Waals surface area contributed by atoms with Crippen molar-refractivity contribution < 1.29 is 29.0 Å². The molecule has 0 bridgehead atoms. The van der Waals surface area contributed by atoms with Crippen LogP contribution in [0.25, 0.3) is 11.4 Å². The molecule has 3 aromatic rings. The van der Waals surface area contributed by atoms with Crippen LogP contribution < -0.4 is 10.6 Å². The second kappa shape index (κ2) is 14.0. The Morgan fingerprint density at radius 3 is 2.41 bits per heavy atom. The van der Waals surface area contributed by atoms with Gasteiger partial charge in [0, 0.05) is 44.2 Å². The highest BCUT2D eigenvalue weighted by Gasteiger charge is 2.31. The molecule has 2 aromatic carbocycles. The van der Waals surface area contributed by atoms with Crippen LogP contribution >= 0.6 is 0 Å². The summed E-state index contributed by atoms with van der Waals surface area (Å²) in [5, 5.41) is 15.5. The normalized spacial score (nSPS) is 16.5. The van der Waals surface area contributed by atoms with Gasteiger partial charge in [-0.1, -0.05) is 54.6 Å². The SMILES string of the molecule is CCOC(=O)N1CCN(C(=O)C(CCC(=O)O)NC(=O)c2cc(N[C@@H]3CCc4ccccc43)nc(-c3ccccc3)n2)CC1. The van der Waals surface area contributed by atoms with Crippen molar-refractivity contribution in [3.8, 4) is 11.4 Å². The third-order valence-electron chi connectivity index (χ3n) is 7.81. The van der Waals surface area contributed by atoms with E-state index in [4.69, 9.17) is 9.72 Å². The average Bonchev–Trinajstić information content (AvgIpc) is 3.45. The third-order valence-corrected chi connectivity index (χ3v) is 7.81. The molecule has 3 N–H and O–H groups in total. The fourth-order valence-electron chi connectivity index (χ4n) is 5.54. The lowest BCUT2D eigenvalue weighted by molar-refractivity contribution is -0.138. The number of fused-ring (bicyclic) bond motifs is 1. The number of aryl methyl sites for hydroxylation is 1. The molecule has 1 fully saturated rings. The number of nitrogens with zero attached hydrogens (tertiary/aromatic N) is 4. The Labute approximate surface area is 255 Å². The molecule has 230 valence electrons. The molecule has 44 heavy (non-hydrogen) atoms. The van der Waals surface area contributed by atoms with E-state index in [-0.39, 0.29) is 57.4 Å². The number of piperazine rings is 1. The Bertz CT molecular complexity index is 1510. The number of nitrogens with one attached hydrogen (secondary N) is 2. The summed E-state index contributed by atoms with van der Waals surface area (Å²) in [5.41, 5.74) is 3.21. The number of amides is 3. The number of ether oxygens (including phenoxy) is 1. The molecule has 0 saturated carbocycles. The van der Waals surface area contributed by atoms with Crippen molar-refractivity contribution in [3.05, 3.63) is 77.5 Å². The van der Waals surface area contributed by atoms with Crippen LogP contribution in [0.5, 0.6) is 0 Å². The highest BCUT2D eigenvalue weighted by molar-refractivity contribution is 5.97. The topological polar surface area (TPSA) is 154 Å². The Hall–Kier alpha value is -5.00. The fourth-order valence-corrected chi connectivity index (χ4v) is 5.54. The molecule has 1 aliphatic heterocycles. The highest BCUT2D eigenvalue weighted by atomic mass is 16.6. The molecule has 12 nitrogen and oxygen atoms in total. The number of carbonyl (C=O) groups is 4. The van der Waals surface area contributed by atoms with Crippen LogP contribution in [-0.2, 0) is 20.7 Å². The first kappa shape index (κ1) is 30.5. The molecule has 1 aromatic heterocycles. The smallest absolute Gasteiger partial charge is 0.409 e. The maximum atomic E-state index is 13.7. The van der Waals surface area contributed by atoms with E-state index in [1.807, 2.05) is 42.5 Å². The molecule has 2 aliphatic rings. The van der Waals surface area contributed by atoms with E-state index in [0.29, 0.717) is 11.6 Å². The van der Waals surface area contributed by atoms with E-state index >= 15 is 0 Å². The van der Waals surface area contributed by atoms with E-state index in [2.05, 4.69) is 27.8 Å². The lowest BCUT2D eigenvalue weighted by atomic mass is 10.1. The number of rotatable bonds is 10. The van der Waals surface area contributed by atoms with Gasteiger partial charge in [-0.3, -0.25) is 14.4 Å². The van der Waals surface area contributed by atoms with Gasteiger partial charge >= 0.3 is 12.1 Å². The van der Waals surface area contributed by atoms with E-state index in [9.17, 15) is 24.3 Å². The van der Waals surface area contributed by atoms with Gasteiger partial charge in [0.2, 0.25) is 5.91 Å². The molecular weight excluding hydrogens is 564 g/mol. The first-order valence-electron chi connectivity index (χ1n) is 14.8. The molecule has 3 amide bonds. The molecule has 2 atom stereocenters. The lowest BCUT2D eigenvalue weighted by Crippen LogP contribution is -2.56. The van der Waals surface area contributed by atoms with Crippen molar-refractivity contribution in [2.75, 3.05) is 38.1 Å². The maximum Gasteiger partial charge on any atom is 0.409 e. The standard InChI is InChI=1S/C32H36N6O6/c1-2-44-32(43)38-18-16-37(17-19-38)31(42)25(14-15-28(39)40)35-30(41)26-20-27(36-29(34-26)22-9-4-3-5-10-22)33-24-13-12-21-8-6-7-11-23(21)24/h3-11,20,24-25H,2,12-19H2,1H3,(H,35,41)(H,39,40)(H,33,34,36)/t24-,25?/m1/s1. The number of carboxylic acids is 1. The van der Waals surface area contributed by atoms with Crippen LogP contribution in [-0.4, -0.2) is 87.6 Å². The summed E-state index contributed by atoms with van der Waals surface area (Å²) in [6.07, 6.45) is 0.948. The Balaban J connectivity index is 1.36. The minimum atomic E-state index is -1.10. The molecule has 1 unspecified atom stereocenters. The van der Waals surface area contributed by atoms with Gasteiger partial charge in [-0.25, -0.2) is 14.8 Å². The van der Waals surface area contributed by atoms with Crippen molar-refractivity contribution in [2.45, 2.75) is 44.7 Å². The predicted molar refractivity (Wildman–Crippen MR) is 162 cm³/mol. The monoisotopic (exact) mass is 600 g/mol. The second-order valence-corrected chi connectivity index (χ2v) is 10.7. The highest BCUT2D eigenvalue weighted by Crippen LogP contribution is 2.33. The quantitative estimate of drug-likeness (QED) is 0.317.